The summed E-state index contributed by atoms with van der Waals surface area (Å²) in [6.45, 7) is 7.24. The Labute approximate surface area is 237 Å². The molecule has 3 rings (SSSR count). The molecule has 10 nitrogen and oxygen atoms in total. The Kier molecular flexibility index (Phi) is 10.7. The van der Waals surface area contributed by atoms with E-state index in [0.717, 1.165) is 0 Å². The van der Waals surface area contributed by atoms with Gasteiger partial charge in [-0.15, -0.1) is 0 Å². The molecule has 2 aromatic carbocycles. The third-order valence-electron chi connectivity index (χ3n) is 5.35. The van der Waals surface area contributed by atoms with Gasteiger partial charge in [-0.3, -0.25) is 4.79 Å². The number of rotatable bonds is 12. The van der Waals surface area contributed by atoms with Gasteiger partial charge in [0.2, 0.25) is 0 Å². The highest BCUT2D eigenvalue weighted by Gasteiger charge is 2.32. The normalized spacial score (nSPS) is 14.8. The summed E-state index contributed by atoms with van der Waals surface area (Å²) in [6, 6.07) is 9.69. The molecular weight excluding hydrogens is 544 g/mol. The minimum absolute atomic E-state index is 0.220. The summed E-state index contributed by atoms with van der Waals surface area (Å²) in [5.41, 5.74) is 4.54. The lowest BCUT2D eigenvalue weighted by Gasteiger charge is -2.30. The van der Waals surface area contributed by atoms with E-state index in [4.69, 9.17) is 42.8 Å². The number of carbonyl (C=O) groups excluding carboxylic acids is 2. The number of amides is 1. The highest BCUT2D eigenvalue weighted by atomic mass is 35.5. The van der Waals surface area contributed by atoms with E-state index < -0.39 is 17.9 Å². The molecule has 0 aromatic heterocycles. The molecule has 1 atom stereocenters. The van der Waals surface area contributed by atoms with Crippen molar-refractivity contribution in [2.75, 3.05) is 26.9 Å². The van der Waals surface area contributed by atoms with Gasteiger partial charge in [0, 0.05) is 11.3 Å². The van der Waals surface area contributed by atoms with Crippen LogP contribution >= 0.6 is 23.8 Å². The number of benzene rings is 2. The van der Waals surface area contributed by atoms with Crippen molar-refractivity contribution >= 4 is 47.0 Å². The fraction of sp³-hybridized carbons (Fsp3) is 0.259. The van der Waals surface area contributed by atoms with Gasteiger partial charge >= 0.3 is 5.97 Å². The standard InChI is InChI=1S/C27H29ClN4O6S/c1-5-11-37-25-19(28)12-17(13-21(25)35-4)14-29-32-22(33)15-38-20-10-8-7-9-18(20)24-23(26(34)36-6-2)16(3)30-27(39)31-24/h5,7-10,12-14,24H,1,6,11,15H2,2-4H3,(H,32,33)(H2,30,31,39)/t24-/m1/s1. The van der Waals surface area contributed by atoms with Gasteiger partial charge in [0.25, 0.3) is 5.91 Å². The van der Waals surface area contributed by atoms with E-state index in [9.17, 15) is 9.59 Å². The average Bonchev–Trinajstić information content (AvgIpc) is 2.90. The summed E-state index contributed by atoms with van der Waals surface area (Å²) in [5, 5.41) is 10.7. The molecule has 206 valence electrons. The maximum atomic E-state index is 12.7. The first-order valence-electron chi connectivity index (χ1n) is 11.9. The first-order chi connectivity index (χ1) is 18.8. The second-order valence-corrected chi connectivity index (χ2v) is 8.86. The molecule has 1 aliphatic heterocycles. The third-order valence-corrected chi connectivity index (χ3v) is 5.85. The van der Waals surface area contributed by atoms with Crippen LogP contribution in [0.25, 0.3) is 0 Å². The van der Waals surface area contributed by atoms with E-state index in [-0.39, 0.29) is 19.8 Å². The van der Waals surface area contributed by atoms with Crippen LogP contribution in [-0.2, 0) is 14.3 Å². The van der Waals surface area contributed by atoms with E-state index in [2.05, 4.69) is 27.7 Å². The number of nitrogens with zero attached hydrogens (tertiary/aromatic N) is 1. The summed E-state index contributed by atoms with van der Waals surface area (Å²) < 4.78 is 21.9. The van der Waals surface area contributed by atoms with E-state index in [1.54, 1.807) is 56.3 Å². The van der Waals surface area contributed by atoms with Gasteiger partial charge in [0.05, 0.1) is 36.6 Å². The van der Waals surface area contributed by atoms with Crippen molar-refractivity contribution in [2.24, 2.45) is 5.10 Å². The Morgan fingerprint density at radius 1 is 1.23 bits per heavy atom. The second kappa shape index (κ2) is 14.2. The van der Waals surface area contributed by atoms with Crippen molar-refractivity contribution in [3.63, 3.8) is 0 Å². The minimum atomic E-state index is -0.631. The smallest absolute Gasteiger partial charge is 0.338 e. The van der Waals surface area contributed by atoms with Crippen molar-refractivity contribution in [3.05, 3.63) is 76.5 Å². The van der Waals surface area contributed by atoms with Gasteiger partial charge in [-0.25, -0.2) is 10.2 Å². The zero-order chi connectivity index (χ0) is 28.4. The Bertz CT molecular complexity index is 1310. The van der Waals surface area contributed by atoms with Gasteiger partial charge in [-0.05, 0) is 49.8 Å². The maximum absolute atomic E-state index is 12.7. The van der Waals surface area contributed by atoms with Gasteiger partial charge in [-0.1, -0.05) is 42.5 Å². The molecule has 0 fully saturated rings. The molecule has 3 N–H and O–H groups in total. The Balaban J connectivity index is 1.69. The van der Waals surface area contributed by atoms with Crippen LogP contribution in [0, 0.1) is 0 Å². The number of ether oxygens (including phenoxy) is 4. The summed E-state index contributed by atoms with van der Waals surface area (Å²) in [4.78, 5) is 25.1. The predicted octanol–water partition coefficient (Wildman–Crippen LogP) is 3.80. The topological polar surface area (TPSA) is 120 Å². The molecule has 0 saturated carbocycles. The lowest BCUT2D eigenvalue weighted by Crippen LogP contribution is -2.45. The molecule has 0 bridgehead atoms. The number of hydrogen-bond acceptors (Lipinski definition) is 8. The van der Waals surface area contributed by atoms with E-state index >= 15 is 0 Å². The molecule has 1 aliphatic rings. The van der Waals surface area contributed by atoms with E-state index in [1.165, 1.54) is 13.3 Å². The SMILES string of the molecule is C=CCOc1c(Cl)cc(C=NNC(=O)COc2ccccc2[C@H]2NC(=S)NC(C)=C2C(=O)OCC)cc1OC. The average molecular weight is 573 g/mol. The molecule has 0 saturated heterocycles. The maximum Gasteiger partial charge on any atom is 0.338 e. The van der Waals surface area contributed by atoms with E-state index in [1.807, 2.05) is 0 Å². The third kappa shape index (κ3) is 7.71. The van der Waals surface area contributed by atoms with Gasteiger partial charge in [0.1, 0.15) is 12.4 Å². The summed E-state index contributed by atoms with van der Waals surface area (Å²) in [7, 11) is 1.49. The summed E-state index contributed by atoms with van der Waals surface area (Å²) in [5.74, 6) is 0.194. The van der Waals surface area contributed by atoms with Crippen LogP contribution in [0.3, 0.4) is 0 Å². The van der Waals surface area contributed by atoms with Crippen LogP contribution in [-0.4, -0.2) is 50.1 Å². The number of thiocarbonyl (C=S) groups is 1. The molecule has 2 aromatic rings. The molecule has 0 spiro atoms. The highest BCUT2D eigenvalue weighted by Crippen LogP contribution is 2.36. The summed E-state index contributed by atoms with van der Waals surface area (Å²) in [6.07, 6.45) is 3.01. The van der Waals surface area contributed by atoms with Gasteiger partial charge in [-0.2, -0.15) is 5.10 Å². The fourth-order valence-electron chi connectivity index (χ4n) is 3.71. The first kappa shape index (κ1) is 29.5. The quantitative estimate of drug-likeness (QED) is 0.115. The fourth-order valence-corrected chi connectivity index (χ4v) is 4.25. The predicted molar refractivity (Wildman–Crippen MR) is 152 cm³/mol. The van der Waals surface area contributed by atoms with Gasteiger partial charge in [0.15, 0.2) is 23.2 Å². The number of nitrogens with one attached hydrogen (secondary N) is 3. The molecule has 0 radical (unpaired) electrons. The number of para-hydroxylation sites is 1. The number of carbonyl (C=O) groups is 2. The van der Waals surface area contributed by atoms with Crippen molar-refractivity contribution in [1.82, 2.24) is 16.1 Å². The van der Waals surface area contributed by atoms with Crippen LogP contribution in [0.2, 0.25) is 5.02 Å². The van der Waals surface area contributed by atoms with Crippen molar-refractivity contribution in [2.45, 2.75) is 19.9 Å². The number of methoxy groups -OCH3 is 1. The molecule has 1 heterocycles. The Hall–Kier alpha value is -4.09. The molecule has 39 heavy (non-hydrogen) atoms. The van der Waals surface area contributed by atoms with Crippen molar-refractivity contribution in [1.29, 1.82) is 0 Å². The van der Waals surface area contributed by atoms with Crippen molar-refractivity contribution in [3.8, 4) is 17.2 Å². The van der Waals surface area contributed by atoms with Crippen LogP contribution in [0.4, 0.5) is 0 Å². The number of esters is 1. The Morgan fingerprint density at radius 3 is 2.72 bits per heavy atom. The van der Waals surface area contributed by atoms with Crippen LogP contribution in [0.15, 0.2) is 65.4 Å². The zero-order valence-corrected chi connectivity index (χ0v) is 23.3. The van der Waals surface area contributed by atoms with Crippen molar-refractivity contribution < 1.29 is 28.5 Å². The van der Waals surface area contributed by atoms with Crippen LogP contribution in [0.5, 0.6) is 17.2 Å². The summed E-state index contributed by atoms with van der Waals surface area (Å²) >= 11 is 11.6. The number of hydrazone groups is 1. The Morgan fingerprint density at radius 2 is 2.00 bits per heavy atom. The highest BCUT2D eigenvalue weighted by molar-refractivity contribution is 7.80. The van der Waals surface area contributed by atoms with Crippen LogP contribution < -0.4 is 30.3 Å². The number of allylic oxidation sites excluding steroid dienone is 1. The largest absolute Gasteiger partial charge is 0.493 e. The first-order valence-corrected chi connectivity index (χ1v) is 12.7. The van der Waals surface area contributed by atoms with Crippen LogP contribution in [0.1, 0.15) is 31.0 Å². The van der Waals surface area contributed by atoms with E-state index in [0.29, 0.717) is 49.8 Å². The molecule has 0 unspecified atom stereocenters. The minimum Gasteiger partial charge on any atom is -0.493 e. The zero-order valence-electron chi connectivity index (χ0n) is 21.7. The second-order valence-electron chi connectivity index (χ2n) is 8.04. The molecule has 1 amide bonds. The molecule has 12 heteroatoms. The molecule has 0 aliphatic carbocycles. The molecular formula is C27H29ClN4O6S. The number of halogens is 1. The monoisotopic (exact) mass is 572 g/mol. The number of hydrogen-bond donors (Lipinski definition) is 3. The lowest BCUT2D eigenvalue weighted by molar-refractivity contribution is -0.139. The lowest BCUT2D eigenvalue weighted by atomic mass is 9.95. The van der Waals surface area contributed by atoms with Gasteiger partial charge < -0.3 is 29.6 Å².